The molecule has 7 heteroatoms. The average Bonchev–Trinajstić information content (AvgIpc) is 3.49. The number of carbonyl (C=O) groups is 1. The minimum atomic E-state index is -0.00952. The van der Waals surface area contributed by atoms with Crippen molar-refractivity contribution in [1.82, 2.24) is 14.7 Å². The third-order valence-corrected chi connectivity index (χ3v) is 6.91. The molecular weight excluding hydrogens is 440 g/mol. The highest BCUT2D eigenvalue weighted by atomic mass is 35.5. The molecule has 2 aromatic carbocycles. The quantitative estimate of drug-likeness (QED) is 0.400. The van der Waals surface area contributed by atoms with Crippen LogP contribution in [0, 0.1) is 6.92 Å². The summed E-state index contributed by atoms with van der Waals surface area (Å²) in [6.07, 6.45) is 0. The molecule has 162 valence electrons. The fourth-order valence-corrected chi connectivity index (χ4v) is 4.98. The average molecular weight is 463 g/mol. The van der Waals surface area contributed by atoms with E-state index in [1.807, 2.05) is 52.7 Å². The summed E-state index contributed by atoms with van der Waals surface area (Å²) in [6.45, 7) is 5.08. The van der Waals surface area contributed by atoms with Crippen LogP contribution in [-0.4, -0.2) is 46.8 Å². The summed E-state index contributed by atoms with van der Waals surface area (Å²) in [5.41, 5.74) is 4.62. The second kappa shape index (κ2) is 8.81. The number of halogens is 1. The molecule has 0 saturated carbocycles. The van der Waals surface area contributed by atoms with Gasteiger partial charge in [0.15, 0.2) is 0 Å². The summed E-state index contributed by atoms with van der Waals surface area (Å²) in [5, 5.41) is 7.39. The van der Waals surface area contributed by atoms with E-state index in [1.165, 1.54) is 11.3 Å². The molecule has 5 rings (SSSR count). The maximum atomic E-state index is 13.6. The second-order valence-corrected chi connectivity index (χ2v) is 9.23. The summed E-state index contributed by atoms with van der Waals surface area (Å²) >= 11 is 7.84. The molecule has 0 aliphatic carbocycles. The van der Waals surface area contributed by atoms with Gasteiger partial charge in [0.05, 0.1) is 10.6 Å². The van der Waals surface area contributed by atoms with E-state index < -0.39 is 0 Å². The van der Waals surface area contributed by atoms with Crippen molar-refractivity contribution in [3.8, 4) is 16.3 Å². The van der Waals surface area contributed by atoms with Crippen LogP contribution in [0.2, 0.25) is 5.02 Å². The van der Waals surface area contributed by atoms with Gasteiger partial charge in [0.1, 0.15) is 11.4 Å². The van der Waals surface area contributed by atoms with Gasteiger partial charge < -0.3 is 9.80 Å². The Morgan fingerprint density at radius 2 is 1.78 bits per heavy atom. The molecular formula is C25H23ClN4OS. The first kappa shape index (κ1) is 20.8. The number of aromatic nitrogens is 2. The highest BCUT2D eigenvalue weighted by Gasteiger charge is 2.27. The van der Waals surface area contributed by atoms with E-state index in [2.05, 4.69) is 36.1 Å². The third kappa shape index (κ3) is 4.04. The minimum absolute atomic E-state index is 0.00952. The molecule has 0 spiro atoms. The summed E-state index contributed by atoms with van der Waals surface area (Å²) in [5.74, 6) is -0.00952. The smallest absolute Gasteiger partial charge is 0.272 e. The molecule has 0 N–H and O–H groups in total. The molecule has 5 nitrogen and oxygen atoms in total. The lowest BCUT2D eigenvalue weighted by atomic mass is 10.1. The van der Waals surface area contributed by atoms with Gasteiger partial charge in [-0.25, -0.2) is 4.68 Å². The molecule has 0 atom stereocenters. The first-order chi connectivity index (χ1) is 15.6. The Kier molecular flexibility index (Phi) is 5.72. The normalized spacial score (nSPS) is 14.1. The van der Waals surface area contributed by atoms with Crippen LogP contribution in [0.4, 0.5) is 5.69 Å². The van der Waals surface area contributed by atoms with Gasteiger partial charge in [-0.15, -0.1) is 11.3 Å². The van der Waals surface area contributed by atoms with Crippen LogP contribution in [-0.2, 0) is 0 Å². The molecule has 1 fully saturated rings. The van der Waals surface area contributed by atoms with Crippen molar-refractivity contribution in [2.45, 2.75) is 6.92 Å². The number of nitrogens with zero attached hydrogens (tertiary/aromatic N) is 4. The summed E-state index contributed by atoms with van der Waals surface area (Å²) < 4.78 is 1.72. The van der Waals surface area contributed by atoms with Crippen molar-refractivity contribution in [2.24, 2.45) is 0 Å². The second-order valence-electron chi connectivity index (χ2n) is 7.85. The van der Waals surface area contributed by atoms with Gasteiger partial charge >= 0.3 is 0 Å². The molecule has 2 aromatic heterocycles. The number of hydrogen-bond acceptors (Lipinski definition) is 4. The van der Waals surface area contributed by atoms with Gasteiger partial charge in [-0.1, -0.05) is 41.9 Å². The van der Waals surface area contributed by atoms with E-state index in [0.717, 1.165) is 29.3 Å². The molecule has 1 aliphatic heterocycles. The zero-order valence-corrected chi connectivity index (χ0v) is 19.3. The molecule has 32 heavy (non-hydrogen) atoms. The van der Waals surface area contributed by atoms with Crippen molar-refractivity contribution in [3.05, 3.63) is 88.4 Å². The largest absolute Gasteiger partial charge is 0.368 e. The number of amides is 1. The monoisotopic (exact) mass is 462 g/mol. The molecule has 3 heterocycles. The Balaban J connectivity index is 1.43. The van der Waals surface area contributed by atoms with Gasteiger partial charge in [-0.2, -0.15) is 5.10 Å². The molecule has 0 bridgehead atoms. The lowest BCUT2D eigenvalue weighted by Gasteiger charge is -2.36. The molecule has 0 radical (unpaired) electrons. The first-order valence-corrected chi connectivity index (χ1v) is 11.9. The summed E-state index contributed by atoms with van der Waals surface area (Å²) in [7, 11) is 0. The van der Waals surface area contributed by atoms with Crippen LogP contribution in [0.15, 0.2) is 72.1 Å². The number of carbonyl (C=O) groups excluding carboxylic acids is 1. The molecule has 1 saturated heterocycles. The summed E-state index contributed by atoms with van der Waals surface area (Å²) in [4.78, 5) is 18.9. The van der Waals surface area contributed by atoms with Gasteiger partial charge in [0, 0.05) is 36.9 Å². The van der Waals surface area contributed by atoms with Gasteiger partial charge in [-0.05, 0) is 54.3 Å². The van der Waals surface area contributed by atoms with Crippen LogP contribution < -0.4 is 4.90 Å². The number of benzene rings is 2. The number of para-hydroxylation sites is 1. The van der Waals surface area contributed by atoms with Crippen molar-refractivity contribution in [3.63, 3.8) is 0 Å². The number of anilines is 1. The number of piperazine rings is 1. The lowest BCUT2D eigenvalue weighted by Crippen LogP contribution is -2.49. The van der Waals surface area contributed by atoms with Crippen LogP contribution in [0.1, 0.15) is 16.1 Å². The SMILES string of the molecule is Cc1ccccc1N1CCN(C(=O)c2cc(-c3cccs3)nn2-c2cccc(Cl)c2)CC1. The molecule has 1 amide bonds. The van der Waals surface area contributed by atoms with Crippen LogP contribution in [0.25, 0.3) is 16.3 Å². The molecule has 0 unspecified atom stereocenters. The maximum absolute atomic E-state index is 13.6. The third-order valence-electron chi connectivity index (χ3n) is 5.78. The standard InChI is InChI=1S/C25H23ClN4OS/c1-18-6-2-3-9-22(18)28-11-13-29(14-12-28)25(31)23-17-21(24-10-5-15-32-24)27-30(23)20-8-4-7-19(26)16-20/h2-10,15-17H,11-14H2,1H3. The van der Waals surface area contributed by atoms with Crippen LogP contribution in [0.5, 0.6) is 0 Å². The van der Waals surface area contributed by atoms with E-state index in [9.17, 15) is 4.79 Å². The number of rotatable bonds is 4. The number of thiophene rings is 1. The Labute approximate surface area is 196 Å². The van der Waals surface area contributed by atoms with E-state index in [0.29, 0.717) is 23.8 Å². The predicted octanol–water partition coefficient (Wildman–Crippen LogP) is 5.53. The Hall–Kier alpha value is -3.09. The predicted molar refractivity (Wildman–Crippen MR) is 131 cm³/mol. The molecule has 4 aromatic rings. The van der Waals surface area contributed by atoms with Crippen LogP contribution >= 0.6 is 22.9 Å². The Bertz CT molecular complexity index is 1240. The van der Waals surface area contributed by atoms with Crippen molar-refractivity contribution in [1.29, 1.82) is 0 Å². The minimum Gasteiger partial charge on any atom is -0.368 e. The highest BCUT2D eigenvalue weighted by Crippen LogP contribution is 2.28. The zero-order valence-electron chi connectivity index (χ0n) is 17.7. The fourth-order valence-electron chi connectivity index (χ4n) is 4.11. The fraction of sp³-hybridized carbons (Fsp3) is 0.200. The van der Waals surface area contributed by atoms with Crippen molar-refractivity contribution < 1.29 is 4.79 Å². The number of aryl methyl sites for hydroxylation is 1. The van der Waals surface area contributed by atoms with Gasteiger partial charge in [0.25, 0.3) is 5.91 Å². The lowest BCUT2D eigenvalue weighted by molar-refractivity contribution is 0.0737. The zero-order chi connectivity index (χ0) is 22.1. The Morgan fingerprint density at radius 3 is 2.50 bits per heavy atom. The van der Waals surface area contributed by atoms with Crippen molar-refractivity contribution in [2.75, 3.05) is 31.1 Å². The van der Waals surface area contributed by atoms with Crippen molar-refractivity contribution >= 4 is 34.5 Å². The number of hydrogen-bond donors (Lipinski definition) is 0. The van der Waals surface area contributed by atoms with Crippen LogP contribution in [0.3, 0.4) is 0 Å². The highest BCUT2D eigenvalue weighted by molar-refractivity contribution is 7.13. The van der Waals surface area contributed by atoms with E-state index in [4.69, 9.17) is 16.7 Å². The van der Waals surface area contributed by atoms with E-state index in [1.54, 1.807) is 16.0 Å². The Morgan fingerprint density at radius 1 is 0.969 bits per heavy atom. The topological polar surface area (TPSA) is 41.4 Å². The molecule has 1 aliphatic rings. The first-order valence-electron chi connectivity index (χ1n) is 10.6. The van der Waals surface area contributed by atoms with Gasteiger partial charge in [-0.3, -0.25) is 4.79 Å². The summed E-state index contributed by atoms with van der Waals surface area (Å²) in [6, 6.07) is 21.7. The van der Waals surface area contributed by atoms with Gasteiger partial charge in [0.2, 0.25) is 0 Å². The maximum Gasteiger partial charge on any atom is 0.272 e. The van der Waals surface area contributed by atoms with E-state index in [-0.39, 0.29) is 5.91 Å². The van der Waals surface area contributed by atoms with E-state index >= 15 is 0 Å².